The van der Waals surface area contributed by atoms with Crippen molar-refractivity contribution in [3.05, 3.63) is 41.0 Å². The van der Waals surface area contributed by atoms with Crippen molar-refractivity contribution in [2.45, 2.75) is 26.4 Å². The number of nitrogens with zero attached hydrogens (tertiary/aromatic N) is 2. The van der Waals surface area contributed by atoms with Gasteiger partial charge in [0.15, 0.2) is 0 Å². The zero-order valence-corrected chi connectivity index (χ0v) is 10.8. The molecule has 2 rings (SSSR count). The highest BCUT2D eigenvalue weighted by atomic mass is 16.3. The summed E-state index contributed by atoms with van der Waals surface area (Å²) in [5.41, 5.74) is 3.91. The van der Waals surface area contributed by atoms with Crippen LogP contribution in [-0.2, 0) is 0 Å². The molecule has 0 amide bonds. The molecule has 1 N–H and O–H groups in total. The average molecular weight is 242 g/mol. The highest BCUT2D eigenvalue weighted by Crippen LogP contribution is 2.29. The van der Waals surface area contributed by atoms with E-state index < -0.39 is 6.10 Å². The zero-order valence-electron chi connectivity index (χ0n) is 10.8. The molecule has 0 saturated heterocycles. The number of aliphatic hydroxyl groups excluding tert-OH is 1. The van der Waals surface area contributed by atoms with Crippen LogP contribution in [0.4, 0.5) is 5.69 Å². The molecule has 1 aliphatic heterocycles. The van der Waals surface area contributed by atoms with E-state index in [9.17, 15) is 5.11 Å². The topological polar surface area (TPSA) is 47.3 Å². The third kappa shape index (κ3) is 2.55. The van der Waals surface area contributed by atoms with Gasteiger partial charge in [-0.25, -0.2) is 0 Å². The fourth-order valence-corrected chi connectivity index (χ4v) is 2.23. The molecule has 0 aliphatic carbocycles. The van der Waals surface area contributed by atoms with Gasteiger partial charge in [-0.3, -0.25) is 0 Å². The molecule has 0 aromatic heterocycles. The van der Waals surface area contributed by atoms with E-state index in [-0.39, 0.29) is 0 Å². The number of nitriles is 1. The minimum absolute atomic E-state index is 0.514. The quantitative estimate of drug-likeness (QED) is 0.811. The Labute approximate surface area is 108 Å². The summed E-state index contributed by atoms with van der Waals surface area (Å²) in [6, 6.07) is 7.64. The van der Waals surface area contributed by atoms with Gasteiger partial charge < -0.3 is 10.0 Å². The Morgan fingerprint density at radius 2 is 2.22 bits per heavy atom. The van der Waals surface area contributed by atoms with Gasteiger partial charge >= 0.3 is 0 Å². The van der Waals surface area contributed by atoms with Crippen molar-refractivity contribution in [2.24, 2.45) is 0 Å². The molecule has 1 atom stereocenters. The SMILES string of the molecule is CC1=CCN(c2cc(C#N)ccc2C(C)O)CC1. The smallest absolute Gasteiger partial charge is 0.0992 e. The minimum atomic E-state index is -0.514. The molecular weight excluding hydrogens is 224 g/mol. The van der Waals surface area contributed by atoms with Gasteiger partial charge in [-0.15, -0.1) is 0 Å². The van der Waals surface area contributed by atoms with E-state index in [4.69, 9.17) is 5.26 Å². The van der Waals surface area contributed by atoms with Crippen LogP contribution in [-0.4, -0.2) is 18.2 Å². The van der Waals surface area contributed by atoms with Crippen LogP contribution in [0.25, 0.3) is 0 Å². The maximum absolute atomic E-state index is 9.83. The van der Waals surface area contributed by atoms with Crippen molar-refractivity contribution < 1.29 is 5.11 Å². The molecule has 3 nitrogen and oxygen atoms in total. The van der Waals surface area contributed by atoms with E-state index in [1.165, 1.54) is 5.57 Å². The van der Waals surface area contributed by atoms with E-state index >= 15 is 0 Å². The maximum Gasteiger partial charge on any atom is 0.0992 e. The van der Waals surface area contributed by atoms with Crippen LogP contribution in [0.5, 0.6) is 0 Å². The summed E-state index contributed by atoms with van der Waals surface area (Å²) in [5, 5.41) is 18.8. The van der Waals surface area contributed by atoms with Gasteiger partial charge in [0, 0.05) is 24.3 Å². The van der Waals surface area contributed by atoms with Crippen LogP contribution in [0.3, 0.4) is 0 Å². The molecule has 1 aliphatic rings. The van der Waals surface area contributed by atoms with Gasteiger partial charge in [0.25, 0.3) is 0 Å². The third-order valence-corrected chi connectivity index (χ3v) is 3.39. The van der Waals surface area contributed by atoms with Crippen molar-refractivity contribution in [2.75, 3.05) is 18.0 Å². The standard InChI is InChI=1S/C15H18N2O/c1-11-5-7-17(8-6-11)15-9-13(10-16)3-4-14(15)12(2)18/h3-5,9,12,18H,6-8H2,1-2H3. The van der Waals surface area contributed by atoms with Crippen molar-refractivity contribution >= 4 is 5.69 Å². The zero-order chi connectivity index (χ0) is 13.1. The lowest BCUT2D eigenvalue weighted by Gasteiger charge is -2.30. The predicted molar refractivity (Wildman–Crippen MR) is 72.4 cm³/mol. The molecule has 3 heteroatoms. The monoisotopic (exact) mass is 242 g/mol. The predicted octanol–water partition coefficient (Wildman–Crippen LogP) is 2.77. The van der Waals surface area contributed by atoms with Crippen LogP contribution in [0, 0.1) is 11.3 Å². The van der Waals surface area contributed by atoms with Gasteiger partial charge in [0.2, 0.25) is 0 Å². The second-order valence-electron chi connectivity index (χ2n) is 4.81. The second-order valence-corrected chi connectivity index (χ2v) is 4.81. The summed E-state index contributed by atoms with van der Waals surface area (Å²) in [6.45, 7) is 5.69. The highest BCUT2D eigenvalue weighted by Gasteiger charge is 2.16. The van der Waals surface area contributed by atoms with Crippen molar-refractivity contribution in [1.82, 2.24) is 0 Å². The number of anilines is 1. The Balaban J connectivity index is 2.38. The molecule has 0 fully saturated rings. The van der Waals surface area contributed by atoms with Gasteiger partial charge in [0.05, 0.1) is 17.7 Å². The number of aliphatic hydroxyl groups is 1. The van der Waals surface area contributed by atoms with Crippen LogP contribution in [0.15, 0.2) is 29.8 Å². The first-order valence-corrected chi connectivity index (χ1v) is 6.24. The number of hydrogen-bond donors (Lipinski definition) is 1. The lowest BCUT2D eigenvalue weighted by atomic mass is 10.0. The Kier molecular flexibility index (Phi) is 3.69. The summed E-state index contributed by atoms with van der Waals surface area (Å²) in [4.78, 5) is 2.22. The van der Waals surface area contributed by atoms with E-state index in [2.05, 4.69) is 24.0 Å². The highest BCUT2D eigenvalue weighted by molar-refractivity contribution is 5.59. The van der Waals surface area contributed by atoms with E-state index in [1.54, 1.807) is 13.0 Å². The first-order chi connectivity index (χ1) is 8.61. The Morgan fingerprint density at radius 1 is 1.44 bits per heavy atom. The van der Waals surface area contributed by atoms with Crippen LogP contribution in [0.2, 0.25) is 0 Å². The summed E-state index contributed by atoms with van der Waals surface area (Å²) in [6.07, 6.45) is 2.73. The molecule has 1 aromatic carbocycles. The van der Waals surface area contributed by atoms with E-state index in [0.717, 1.165) is 30.8 Å². The summed E-state index contributed by atoms with van der Waals surface area (Å²) < 4.78 is 0. The Bertz CT molecular complexity index is 512. The second kappa shape index (κ2) is 5.24. The van der Waals surface area contributed by atoms with Gasteiger partial charge in [-0.1, -0.05) is 17.7 Å². The summed E-state index contributed by atoms with van der Waals surface area (Å²) in [7, 11) is 0. The molecule has 18 heavy (non-hydrogen) atoms. The molecule has 1 heterocycles. The Hall–Kier alpha value is -1.79. The molecule has 0 saturated carbocycles. The summed E-state index contributed by atoms with van der Waals surface area (Å²) in [5.74, 6) is 0. The van der Waals surface area contributed by atoms with Gasteiger partial charge in [-0.05, 0) is 32.4 Å². The number of hydrogen-bond acceptors (Lipinski definition) is 3. The molecular formula is C15H18N2O. The van der Waals surface area contributed by atoms with Crippen LogP contribution >= 0.6 is 0 Å². The number of benzene rings is 1. The third-order valence-electron chi connectivity index (χ3n) is 3.39. The lowest BCUT2D eigenvalue weighted by Crippen LogP contribution is -2.29. The largest absolute Gasteiger partial charge is 0.389 e. The molecule has 0 spiro atoms. The van der Waals surface area contributed by atoms with E-state index in [1.807, 2.05) is 12.1 Å². The normalized spacial score (nSPS) is 17.0. The Morgan fingerprint density at radius 3 is 2.78 bits per heavy atom. The molecule has 0 radical (unpaired) electrons. The van der Waals surface area contributed by atoms with E-state index in [0.29, 0.717) is 5.56 Å². The average Bonchev–Trinajstić information content (AvgIpc) is 2.38. The van der Waals surface area contributed by atoms with Crippen LogP contribution in [0.1, 0.15) is 37.5 Å². The molecule has 1 unspecified atom stereocenters. The van der Waals surface area contributed by atoms with Gasteiger partial charge in [0.1, 0.15) is 0 Å². The van der Waals surface area contributed by atoms with Crippen molar-refractivity contribution in [3.63, 3.8) is 0 Å². The summed E-state index contributed by atoms with van der Waals surface area (Å²) >= 11 is 0. The maximum atomic E-state index is 9.83. The van der Waals surface area contributed by atoms with Crippen molar-refractivity contribution in [1.29, 1.82) is 5.26 Å². The fraction of sp³-hybridized carbons (Fsp3) is 0.400. The molecule has 1 aromatic rings. The van der Waals surface area contributed by atoms with Crippen LogP contribution < -0.4 is 4.90 Å². The van der Waals surface area contributed by atoms with Crippen molar-refractivity contribution in [3.8, 4) is 6.07 Å². The first kappa shape index (κ1) is 12.7. The minimum Gasteiger partial charge on any atom is -0.389 e. The molecule has 94 valence electrons. The molecule has 0 bridgehead atoms. The first-order valence-electron chi connectivity index (χ1n) is 6.24. The number of rotatable bonds is 2. The fourth-order valence-electron chi connectivity index (χ4n) is 2.23. The van der Waals surface area contributed by atoms with Gasteiger partial charge in [-0.2, -0.15) is 5.26 Å². The lowest BCUT2D eigenvalue weighted by molar-refractivity contribution is 0.199.